The van der Waals surface area contributed by atoms with E-state index in [2.05, 4.69) is 39.9 Å². The molecule has 0 aromatic carbocycles. The predicted molar refractivity (Wildman–Crippen MR) is 93.8 cm³/mol. The fraction of sp³-hybridized carbons (Fsp3) is 0.889. The van der Waals surface area contributed by atoms with Gasteiger partial charge in [0.15, 0.2) is 0 Å². The van der Waals surface area contributed by atoms with E-state index < -0.39 is 11.2 Å². The van der Waals surface area contributed by atoms with E-state index in [1.165, 1.54) is 4.90 Å². The molecule has 1 fully saturated rings. The molecule has 0 aliphatic carbocycles. The first-order valence-electron chi connectivity index (χ1n) is 9.01. The summed E-state index contributed by atoms with van der Waals surface area (Å²) < 4.78 is 0. The van der Waals surface area contributed by atoms with Crippen molar-refractivity contribution in [2.75, 3.05) is 0 Å². The number of hydrogen-bond donors (Lipinski definition) is 2. The average Bonchev–Trinajstić information content (AvgIpc) is 2.58. The molecule has 23 heavy (non-hydrogen) atoms. The number of unbranched alkanes of at least 4 members (excludes halogenated alkanes) is 2. The topological polar surface area (TPSA) is 75.4 Å². The van der Waals surface area contributed by atoms with Gasteiger partial charge in [-0.25, -0.2) is 9.69 Å². The van der Waals surface area contributed by atoms with E-state index in [-0.39, 0.29) is 11.9 Å². The van der Waals surface area contributed by atoms with Crippen LogP contribution in [0, 0.1) is 11.8 Å². The second-order valence-electron chi connectivity index (χ2n) is 8.16. The normalized spacial score (nSPS) is 22.4. The molecule has 3 amide bonds. The Morgan fingerprint density at radius 1 is 1.13 bits per heavy atom. The maximum absolute atomic E-state index is 13.0. The van der Waals surface area contributed by atoms with Crippen LogP contribution in [0.25, 0.3) is 0 Å². The number of nitrogens with zero attached hydrogens (tertiary/aromatic N) is 1. The van der Waals surface area contributed by atoms with Crippen molar-refractivity contribution in [3.63, 3.8) is 0 Å². The number of carbonyl (C=O) groups excluding carboxylic acids is 2. The number of amides is 3. The second-order valence-corrected chi connectivity index (χ2v) is 8.16. The van der Waals surface area contributed by atoms with Gasteiger partial charge in [0.1, 0.15) is 11.2 Å². The van der Waals surface area contributed by atoms with Crippen molar-refractivity contribution in [2.24, 2.45) is 17.6 Å². The van der Waals surface area contributed by atoms with Crippen molar-refractivity contribution < 1.29 is 9.59 Å². The average molecular weight is 325 g/mol. The Morgan fingerprint density at radius 3 is 2.09 bits per heavy atom. The van der Waals surface area contributed by atoms with Gasteiger partial charge in [0.25, 0.3) is 5.91 Å². The fourth-order valence-electron chi connectivity index (χ4n) is 3.67. The van der Waals surface area contributed by atoms with Gasteiger partial charge in [-0.1, -0.05) is 53.9 Å². The zero-order valence-corrected chi connectivity index (χ0v) is 15.7. The summed E-state index contributed by atoms with van der Waals surface area (Å²) in [6.45, 7) is 12.2. The highest BCUT2D eigenvalue weighted by atomic mass is 16.2. The molecule has 5 heteroatoms. The minimum Gasteiger partial charge on any atom is -0.323 e. The Kier molecular flexibility index (Phi) is 6.63. The van der Waals surface area contributed by atoms with Crippen molar-refractivity contribution >= 4 is 11.9 Å². The minimum absolute atomic E-state index is 0.164. The summed E-state index contributed by atoms with van der Waals surface area (Å²) in [7, 11) is 0. The van der Waals surface area contributed by atoms with E-state index in [4.69, 9.17) is 5.73 Å². The maximum Gasteiger partial charge on any atom is 0.326 e. The summed E-state index contributed by atoms with van der Waals surface area (Å²) in [6, 6.07) is -0.335. The van der Waals surface area contributed by atoms with Crippen LogP contribution in [-0.4, -0.2) is 28.0 Å². The summed E-state index contributed by atoms with van der Waals surface area (Å²) in [5, 5.41) is 2.90. The summed E-state index contributed by atoms with van der Waals surface area (Å²) in [6.07, 6.45) is 4.98. The summed E-state index contributed by atoms with van der Waals surface area (Å²) in [4.78, 5) is 26.9. The predicted octanol–water partition coefficient (Wildman–Crippen LogP) is 3.62. The van der Waals surface area contributed by atoms with Gasteiger partial charge in [0, 0.05) is 0 Å². The van der Waals surface area contributed by atoms with Gasteiger partial charge in [0.05, 0.1) is 0 Å². The van der Waals surface area contributed by atoms with Crippen LogP contribution in [0.2, 0.25) is 0 Å². The Labute approximate surface area is 141 Å². The van der Waals surface area contributed by atoms with E-state index in [0.717, 1.165) is 19.3 Å². The van der Waals surface area contributed by atoms with Crippen LogP contribution >= 0.6 is 0 Å². The van der Waals surface area contributed by atoms with Crippen molar-refractivity contribution in [1.29, 1.82) is 0 Å². The quantitative estimate of drug-likeness (QED) is 0.502. The first kappa shape index (κ1) is 19.9. The highest BCUT2D eigenvalue weighted by Gasteiger charge is 2.54. The van der Waals surface area contributed by atoms with E-state index in [1.807, 2.05) is 6.92 Å². The molecule has 0 aromatic rings. The SMILES string of the molecule is CCCCCC1(C)NC(=O)N(C(N)(CC(C)C)CC(C)C)C1=O. The highest BCUT2D eigenvalue weighted by molar-refractivity contribution is 6.07. The number of rotatable bonds is 9. The van der Waals surface area contributed by atoms with Crippen LogP contribution in [0.3, 0.4) is 0 Å². The largest absolute Gasteiger partial charge is 0.326 e. The Morgan fingerprint density at radius 2 is 1.65 bits per heavy atom. The smallest absolute Gasteiger partial charge is 0.323 e. The summed E-state index contributed by atoms with van der Waals surface area (Å²) >= 11 is 0. The third kappa shape index (κ3) is 4.69. The number of carbonyl (C=O) groups is 2. The molecule has 0 radical (unpaired) electrons. The molecular formula is C18H35N3O2. The van der Waals surface area contributed by atoms with E-state index in [1.54, 1.807) is 0 Å². The Bertz CT molecular complexity index is 424. The van der Waals surface area contributed by atoms with E-state index in [9.17, 15) is 9.59 Å². The maximum atomic E-state index is 13.0. The lowest BCUT2D eigenvalue weighted by Gasteiger charge is -2.39. The third-order valence-electron chi connectivity index (χ3n) is 4.51. The standard InChI is InChI=1S/C18H35N3O2/c1-7-8-9-10-17(6)15(22)21(16(23)20-17)18(19,11-13(2)3)12-14(4)5/h13-14H,7-12,19H2,1-6H3,(H,20,23). The molecular weight excluding hydrogens is 290 g/mol. The Hall–Kier alpha value is -1.10. The second kappa shape index (κ2) is 7.65. The van der Waals surface area contributed by atoms with Gasteiger partial charge in [-0.05, 0) is 38.0 Å². The first-order valence-corrected chi connectivity index (χ1v) is 9.01. The van der Waals surface area contributed by atoms with E-state index in [0.29, 0.717) is 31.1 Å². The molecule has 1 rings (SSSR count). The van der Waals surface area contributed by atoms with Gasteiger partial charge in [0.2, 0.25) is 0 Å². The molecule has 1 aliphatic rings. The molecule has 0 saturated carbocycles. The number of hydrogen-bond acceptors (Lipinski definition) is 3. The number of nitrogens with one attached hydrogen (secondary N) is 1. The van der Waals surface area contributed by atoms with Crippen molar-refractivity contribution in [3.8, 4) is 0 Å². The van der Waals surface area contributed by atoms with Crippen LogP contribution in [-0.2, 0) is 4.79 Å². The molecule has 1 saturated heterocycles. The molecule has 0 bridgehead atoms. The molecule has 0 aromatic heterocycles. The zero-order valence-electron chi connectivity index (χ0n) is 15.7. The molecule has 5 nitrogen and oxygen atoms in total. The molecule has 0 spiro atoms. The molecule has 1 unspecified atom stereocenters. The molecule has 134 valence electrons. The molecule has 1 heterocycles. The number of imide groups is 1. The summed E-state index contributed by atoms with van der Waals surface area (Å²) in [5.74, 6) is 0.458. The van der Waals surface area contributed by atoms with Crippen molar-refractivity contribution in [2.45, 2.75) is 91.3 Å². The summed E-state index contributed by atoms with van der Waals surface area (Å²) in [5.41, 5.74) is 4.88. The van der Waals surface area contributed by atoms with Gasteiger partial charge < -0.3 is 11.1 Å². The minimum atomic E-state index is -0.911. The first-order chi connectivity index (χ1) is 10.6. The van der Waals surface area contributed by atoms with Gasteiger partial charge in [-0.15, -0.1) is 0 Å². The fourth-order valence-corrected chi connectivity index (χ4v) is 3.67. The van der Waals surface area contributed by atoms with Gasteiger partial charge in [-0.3, -0.25) is 4.79 Å². The van der Waals surface area contributed by atoms with E-state index >= 15 is 0 Å². The van der Waals surface area contributed by atoms with Gasteiger partial charge in [-0.2, -0.15) is 0 Å². The number of nitrogens with two attached hydrogens (primary N) is 1. The lowest BCUT2D eigenvalue weighted by molar-refractivity contribution is -0.136. The van der Waals surface area contributed by atoms with Gasteiger partial charge >= 0.3 is 6.03 Å². The monoisotopic (exact) mass is 325 g/mol. The third-order valence-corrected chi connectivity index (χ3v) is 4.51. The lowest BCUT2D eigenvalue weighted by atomic mass is 9.87. The van der Waals surface area contributed by atoms with Crippen LogP contribution in [0.4, 0.5) is 4.79 Å². The Balaban J connectivity index is 3.03. The van der Waals surface area contributed by atoms with Crippen LogP contribution < -0.4 is 11.1 Å². The molecule has 1 atom stereocenters. The molecule has 1 aliphatic heterocycles. The zero-order chi connectivity index (χ0) is 17.8. The highest BCUT2D eigenvalue weighted by Crippen LogP contribution is 2.33. The van der Waals surface area contributed by atoms with Crippen molar-refractivity contribution in [1.82, 2.24) is 10.2 Å². The van der Waals surface area contributed by atoms with Crippen molar-refractivity contribution in [3.05, 3.63) is 0 Å². The van der Waals surface area contributed by atoms with Crippen LogP contribution in [0.1, 0.15) is 80.1 Å². The lowest BCUT2D eigenvalue weighted by Crippen LogP contribution is -2.60. The molecule has 3 N–H and O–H groups in total. The van der Waals surface area contributed by atoms with Crippen LogP contribution in [0.15, 0.2) is 0 Å². The number of urea groups is 1. The van der Waals surface area contributed by atoms with Crippen LogP contribution in [0.5, 0.6) is 0 Å².